The van der Waals surface area contributed by atoms with Crippen molar-refractivity contribution in [2.75, 3.05) is 6.54 Å². The molecule has 2 nitrogen and oxygen atoms in total. The molecule has 0 amide bonds. The predicted molar refractivity (Wildman–Crippen MR) is 69.5 cm³/mol. The lowest BCUT2D eigenvalue weighted by molar-refractivity contribution is 0.484. The zero-order valence-corrected chi connectivity index (χ0v) is 10.2. The summed E-state index contributed by atoms with van der Waals surface area (Å²) in [5.74, 6) is 0. The second-order valence-electron chi connectivity index (χ2n) is 4.07. The van der Waals surface area contributed by atoms with Gasteiger partial charge in [0.05, 0.1) is 0 Å². The SMILES string of the molecule is C=CCC(CCc1ccncc1)NCCC. The van der Waals surface area contributed by atoms with Gasteiger partial charge in [0.1, 0.15) is 0 Å². The maximum Gasteiger partial charge on any atom is 0.0270 e. The van der Waals surface area contributed by atoms with Gasteiger partial charge in [-0.3, -0.25) is 4.98 Å². The molecule has 0 aliphatic carbocycles. The van der Waals surface area contributed by atoms with Gasteiger partial charge in [0.25, 0.3) is 0 Å². The Morgan fingerprint density at radius 3 is 2.81 bits per heavy atom. The molecule has 2 heteroatoms. The third kappa shape index (κ3) is 5.08. The van der Waals surface area contributed by atoms with E-state index >= 15 is 0 Å². The Bertz CT molecular complexity index is 282. The number of hydrogen-bond acceptors (Lipinski definition) is 2. The highest BCUT2D eigenvalue weighted by Crippen LogP contribution is 2.06. The second-order valence-corrected chi connectivity index (χ2v) is 4.07. The molecular formula is C14H22N2. The van der Waals surface area contributed by atoms with Crippen LogP contribution < -0.4 is 5.32 Å². The molecule has 0 bridgehead atoms. The van der Waals surface area contributed by atoms with Crippen LogP contribution in [-0.2, 0) is 6.42 Å². The van der Waals surface area contributed by atoms with Crippen molar-refractivity contribution in [2.45, 2.75) is 38.6 Å². The van der Waals surface area contributed by atoms with Crippen molar-refractivity contribution in [3.8, 4) is 0 Å². The molecule has 88 valence electrons. The van der Waals surface area contributed by atoms with Gasteiger partial charge < -0.3 is 5.32 Å². The highest BCUT2D eigenvalue weighted by Gasteiger charge is 2.05. The molecule has 16 heavy (non-hydrogen) atoms. The Balaban J connectivity index is 2.34. The first-order valence-corrected chi connectivity index (χ1v) is 6.10. The smallest absolute Gasteiger partial charge is 0.0270 e. The molecule has 0 saturated carbocycles. The van der Waals surface area contributed by atoms with E-state index in [2.05, 4.69) is 35.9 Å². The Kier molecular flexibility index (Phi) is 6.50. The van der Waals surface area contributed by atoms with E-state index in [-0.39, 0.29) is 0 Å². The first-order chi connectivity index (χ1) is 7.86. The van der Waals surface area contributed by atoms with Gasteiger partial charge in [0, 0.05) is 18.4 Å². The van der Waals surface area contributed by atoms with Crippen molar-refractivity contribution in [1.29, 1.82) is 0 Å². The number of rotatable bonds is 8. The van der Waals surface area contributed by atoms with Crippen molar-refractivity contribution in [1.82, 2.24) is 10.3 Å². The molecule has 0 radical (unpaired) electrons. The molecule has 0 fully saturated rings. The fourth-order valence-electron chi connectivity index (χ4n) is 1.74. The third-order valence-corrected chi connectivity index (χ3v) is 2.67. The Labute approximate surface area is 98.8 Å². The fraction of sp³-hybridized carbons (Fsp3) is 0.500. The van der Waals surface area contributed by atoms with Crippen LogP contribution in [0, 0.1) is 0 Å². The molecule has 0 aliphatic heterocycles. The number of nitrogens with one attached hydrogen (secondary N) is 1. The molecular weight excluding hydrogens is 196 g/mol. The molecule has 1 N–H and O–H groups in total. The van der Waals surface area contributed by atoms with Gasteiger partial charge in [0.15, 0.2) is 0 Å². The molecule has 1 unspecified atom stereocenters. The zero-order valence-electron chi connectivity index (χ0n) is 10.2. The minimum Gasteiger partial charge on any atom is -0.314 e. The summed E-state index contributed by atoms with van der Waals surface area (Å²) < 4.78 is 0. The summed E-state index contributed by atoms with van der Waals surface area (Å²) in [4.78, 5) is 4.03. The lowest BCUT2D eigenvalue weighted by Crippen LogP contribution is -2.29. The average Bonchev–Trinajstić information content (AvgIpc) is 2.34. The van der Waals surface area contributed by atoms with E-state index in [1.54, 1.807) is 0 Å². The van der Waals surface area contributed by atoms with Gasteiger partial charge >= 0.3 is 0 Å². The minimum absolute atomic E-state index is 0.561. The molecule has 1 aromatic heterocycles. The van der Waals surface area contributed by atoms with Crippen LogP contribution in [0.3, 0.4) is 0 Å². The number of pyridine rings is 1. The highest BCUT2D eigenvalue weighted by molar-refractivity contribution is 5.09. The van der Waals surface area contributed by atoms with E-state index in [1.165, 1.54) is 12.0 Å². The van der Waals surface area contributed by atoms with Crippen LogP contribution in [0.2, 0.25) is 0 Å². The topological polar surface area (TPSA) is 24.9 Å². The molecule has 1 aromatic rings. The summed E-state index contributed by atoms with van der Waals surface area (Å²) >= 11 is 0. The summed E-state index contributed by atoms with van der Waals surface area (Å²) in [6, 6.07) is 4.74. The number of aryl methyl sites for hydroxylation is 1. The Hall–Kier alpha value is -1.15. The first kappa shape index (κ1) is 12.9. The zero-order chi connectivity index (χ0) is 11.6. The third-order valence-electron chi connectivity index (χ3n) is 2.67. The number of nitrogens with zero attached hydrogens (tertiary/aromatic N) is 1. The molecule has 1 atom stereocenters. The van der Waals surface area contributed by atoms with Crippen LogP contribution in [0.1, 0.15) is 31.7 Å². The summed E-state index contributed by atoms with van der Waals surface area (Å²) in [6.45, 7) is 7.10. The van der Waals surface area contributed by atoms with Crippen molar-refractivity contribution < 1.29 is 0 Å². The van der Waals surface area contributed by atoms with E-state index in [0.29, 0.717) is 6.04 Å². The van der Waals surface area contributed by atoms with E-state index in [4.69, 9.17) is 0 Å². The van der Waals surface area contributed by atoms with Gasteiger partial charge in [0.2, 0.25) is 0 Å². The standard InChI is InChI=1S/C14H22N2/c1-3-5-14(16-10-4-2)7-6-13-8-11-15-12-9-13/h3,8-9,11-12,14,16H,1,4-7,10H2,2H3. The normalized spacial score (nSPS) is 12.3. The van der Waals surface area contributed by atoms with Gasteiger partial charge in [-0.1, -0.05) is 13.0 Å². The van der Waals surface area contributed by atoms with Crippen LogP contribution in [0.15, 0.2) is 37.2 Å². The number of hydrogen-bond donors (Lipinski definition) is 1. The van der Waals surface area contributed by atoms with Crippen LogP contribution in [0.5, 0.6) is 0 Å². The van der Waals surface area contributed by atoms with Crippen molar-refractivity contribution >= 4 is 0 Å². The van der Waals surface area contributed by atoms with E-state index < -0.39 is 0 Å². The molecule has 1 heterocycles. The van der Waals surface area contributed by atoms with Gasteiger partial charge in [-0.25, -0.2) is 0 Å². The molecule has 0 aliphatic rings. The minimum atomic E-state index is 0.561. The van der Waals surface area contributed by atoms with E-state index in [0.717, 1.165) is 25.8 Å². The highest BCUT2D eigenvalue weighted by atomic mass is 14.9. The summed E-state index contributed by atoms with van der Waals surface area (Å²) in [7, 11) is 0. The summed E-state index contributed by atoms with van der Waals surface area (Å²) in [5.41, 5.74) is 1.36. The summed E-state index contributed by atoms with van der Waals surface area (Å²) in [5, 5.41) is 3.55. The quantitative estimate of drug-likeness (QED) is 0.679. The average molecular weight is 218 g/mol. The Morgan fingerprint density at radius 1 is 1.44 bits per heavy atom. The second kappa shape index (κ2) is 8.05. The lowest BCUT2D eigenvalue weighted by Gasteiger charge is -2.16. The molecule has 0 aromatic carbocycles. The molecule has 0 spiro atoms. The van der Waals surface area contributed by atoms with Crippen molar-refractivity contribution in [2.24, 2.45) is 0 Å². The lowest BCUT2D eigenvalue weighted by atomic mass is 10.0. The van der Waals surface area contributed by atoms with Crippen molar-refractivity contribution in [3.63, 3.8) is 0 Å². The largest absolute Gasteiger partial charge is 0.314 e. The van der Waals surface area contributed by atoms with E-state index in [9.17, 15) is 0 Å². The van der Waals surface area contributed by atoms with Crippen LogP contribution >= 0.6 is 0 Å². The van der Waals surface area contributed by atoms with Gasteiger partial charge in [-0.15, -0.1) is 6.58 Å². The van der Waals surface area contributed by atoms with Crippen LogP contribution in [-0.4, -0.2) is 17.6 Å². The fourth-order valence-corrected chi connectivity index (χ4v) is 1.74. The maximum absolute atomic E-state index is 4.03. The van der Waals surface area contributed by atoms with Crippen LogP contribution in [0.4, 0.5) is 0 Å². The molecule has 1 rings (SSSR count). The Morgan fingerprint density at radius 2 is 2.19 bits per heavy atom. The monoisotopic (exact) mass is 218 g/mol. The van der Waals surface area contributed by atoms with E-state index in [1.807, 2.05) is 18.5 Å². The predicted octanol–water partition coefficient (Wildman–Crippen LogP) is 2.96. The van der Waals surface area contributed by atoms with Crippen molar-refractivity contribution in [3.05, 3.63) is 42.7 Å². The summed E-state index contributed by atoms with van der Waals surface area (Å²) in [6.07, 6.45) is 10.2. The first-order valence-electron chi connectivity index (χ1n) is 6.10. The number of aromatic nitrogens is 1. The van der Waals surface area contributed by atoms with Gasteiger partial charge in [-0.05, 0) is 49.9 Å². The van der Waals surface area contributed by atoms with Gasteiger partial charge in [-0.2, -0.15) is 0 Å². The maximum atomic E-state index is 4.03. The molecule has 0 saturated heterocycles. The van der Waals surface area contributed by atoms with Crippen LogP contribution in [0.25, 0.3) is 0 Å².